The van der Waals surface area contributed by atoms with Crippen molar-refractivity contribution >= 4 is 51.9 Å². The van der Waals surface area contributed by atoms with Gasteiger partial charge in [-0.2, -0.15) is 5.10 Å². The molecule has 0 amide bonds. The predicted molar refractivity (Wildman–Crippen MR) is 111 cm³/mol. The molecule has 26 heavy (non-hydrogen) atoms. The minimum absolute atomic E-state index is 0.414. The van der Waals surface area contributed by atoms with E-state index in [9.17, 15) is 0 Å². The number of hydrogen-bond acceptors (Lipinski definition) is 3. The molecule has 0 saturated carbocycles. The van der Waals surface area contributed by atoms with Gasteiger partial charge in [0.15, 0.2) is 5.11 Å². The number of anilines is 2. The summed E-state index contributed by atoms with van der Waals surface area (Å²) in [6, 6.07) is 12.9. The third kappa shape index (κ3) is 4.88. The number of halogens is 2. The molecule has 0 spiro atoms. The molecule has 134 valence electrons. The summed E-state index contributed by atoms with van der Waals surface area (Å²) in [6.45, 7) is 0.640. The number of nitrogens with one attached hydrogen (secondary N) is 2. The highest BCUT2D eigenvalue weighted by molar-refractivity contribution is 7.80. The second-order valence-electron chi connectivity index (χ2n) is 5.48. The summed E-state index contributed by atoms with van der Waals surface area (Å²) < 4.78 is 7.11. The Morgan fingerprint density at radius 3 is 2.58 bits per heavy atom. The highest BCUT2D eigenvalue weighted by Crippen LogP contribution is 2.27. The van der Waals surface area contributed by atoms with E-state index in [1.165, 1.54) is 0 Å². The maximum absolute atomic E-state index is 6.03. The molecule has 0 radical (unpaired) electrons. The maximum Gasteiger partial charge on any atom is 0.175 e. The molecule has 0 fully saturated rings. The van der Waals surface area contributed by atoms with Gasteiger partial charge in [0.25, 0.3) is 0 Å². The molecule has 0 atom stereocenters. The molecule has 0 unspecified atom stereocenters. The largest absolute Gasteiger partial charge is 0.495 e. The summed E-state index contributed by atoms with van der Waals surface area (Å²) in [5.41, 5.74) is 2.57. The fraction of sp³-hybridized carbons (Fsp3) is 0.111. The molecule has 0 aliphatic heterocycles. The molecule has 0 aliphatic carbocycles. The molecule has 5 nitrogen and oxygen atoms in total. The highest BCUT2D eigenvalue weighted by Gasteiger charge is 2.07. The van der Waals surface area contributed by atoms with Crippen LogP contribution in [0.2, 0.25) is 10.0 Å². The molecule has 1 heterocycles. The Balaban J connectivity index is 1.62. The Kier molecular flexibility index (Phi) is 5.98. The van der Waals surface area contributed by atoms with Gasteiger partial charge in [-0.05, 0) is 48.1 Å². The SMILES string of the molecule is COc1ccc(Cl)cc1NC(=S)Nc1cnn(Cc2ccc(Cl)cc2)c1. The number of aromatic nitrogens is 2. The lowest BCUT2D eigenvalue weighted by Crippen LogP contribution is -2.19. The molecule has 3 aromatic rings. The van der Waals surface area contributed by atoms with Gasteiger partial charge in [0.05, 0.1) is 31.2 Å². The zero-order valence-electron chi connectivity index (χ0n) is 13.9. The van der Waals surface area contributed by atoms with Crippen LogP contribution < -0.4 is 15.4 Å². The van der Waals surface area contributed by atoms with Crippen LogP contribution in [-0.2, 0) is 6.54 Å². The molecule has 2 aromatic carbocycles. The Morgan fingerprint density at radius 1 is 1.12 bits per heavy atom. The van der Waals surface area contributed by atoms with E-state index in [1.54, 1.807) is 31.5 Å². The van der Waals surface area contributed by atoms with Gasteiger partial charge in [-0.15, -0.1) is 0 Å². The molecule has 0 aliphatic rings. The van der Waals surface area contributed by atoms with Gasteiger partial charge >= 0.3 is 0 Å². The fourth-order valence-corrected chi connectivity index (χ4v) is 2.88. The summed E-state index contributed by atoms with van der Waals surface area (Å²) in [6.07, 6.45) is 3.58. The van der Waals surface area contributed by atoms with Crippen molar-refractivity contribution in [3.8, 4) is 5.75 Å². The maximum atomic E-state index is 6.03. The highest BCUT2D eigenvalue weighted by atomic mass is 35.5. The smallest absolute Gasteiger partial charge is 0.175 e. The van der Waals surface area contributed by atoms with Crippen molar-refractivity contribution in [3.63, 3.8) is 0 Å². The van der Waals surface area contributed by atoms with Crippen molar-refractivity contribution in [1.29, 1.82) is 0 Å². The van der Waals surface area contributed by atoms with Crippen molar-refractivity contribution in [3.05, 3.63) is 70.5 Å². The number of ether oxygens (including phenoxy) is 1. The predicted octanol–water partition coefficient (Wildman–Crippen LogP) is 5.06. The van der Waals surface area contributed by atoms with Crippen molar-refractivity contribution in [2.45, 2.75) is 6.54 Å². The number of nitrogens with zero attached hydrogens (tertiary/aromatic N) is 2. The van der Waals surface area contributed by atoms with E-state index >= 15 is 0 Å². The lowest BCUT2D eigenvalue weighted by Gasteiger charge is -2.12. The van der Waals surface area contributed by atoms with Crippen molar-refractivity contribution < 1.29 is 4.74 Å². The first-order valence-corrected chi connectivity index (χ1v) is 8.88. The van der Waals surface area contributed by atoms with E-state index in [4.69, 9.17) is 40.2 Å². The average Bonchev–Trinajstić information content (AvgIpc) is 3.04. The van der Waals surface area contributed by atoms with Gasteiger partial charge in [0, 0.05) is 16.2 Å². The van der Waals surface area contributed by atoms with Gasteiger partial charge in [0.1, 0.15) is 5.75 Å². The molecule has 8 heteroatoms. The van der Waals surface area contributed by atoms with Crippen LogP contribution in [0.15, 0.2) is 54.9 Å². The van der Waals surface area contributed by atoms with Crippen molar-refractivity contribution in [2.75, 3.05) is 17.7 Å². The monoisotopic (exact) mass is 406 g/mol. The fourth-order valence-electron chi connectivity index (χ4n) is 2.35. The van der Waals surface area contributed by atoms with Crippen molar-refractivity contribution in [2.24, 2.45) is 0 Å². The molecule has 1 aromatic heterocycles. The van der Waals surface area contributed by atoms with Gasteiger partial charge in [-0.1, -0.05) is 35.3 Å². The van der Waals surface area contributed by atoms with Gasteiger partial charge in [0.2, 0.25) is 0 Å². The summed E-state index contributed by atoms with van der Waals surface area (Å²) >= 11 is 17.3. The molecule has 3 rings (SSSR count). The van der Waals surface area contributed by atoms with E-state index in [-0.39, 0.29) is 0 Å². The van der Waals surface area contributed by atoms with Gasteiger partial charge in [-0.3, -0.25) is 4.68 Å². The second-order valence-corrected chi connectivity index (χ2v) is 6.76. The average molecular weight is 407 g/mol. The Bertz CT molecular complexity index is 912. The lowest BCUT2D eigenvalue weighted by atomic mass is 10.2. The topological polar surface area (TPSA) is 51.1 Å². The minimum atomic E-state index is 0.414. The zero-order valence-corrected chi connectivity index (χ0v) is 16.2. The standard InChI is InChI=1S/C18H16Cl2N4OS/c1-25-17-7-6-14(20)8-16(17)23-18(26)22-15-9-21-24(11-15)10-12-2-4-13(19)5-3-12/h2-9,11H,10H2,1H3,(H2,22,23,26). The van der Waals surface area contributed by atoms with Crippen LogP contribution in [0.4, 0.5) is 11.4 Å². The third-order valence-electron chi connectivity index (χ3n) is 3.56. The van der Waals surface area contributed by atoms with Crippen LogP contribution in [0.5, 0.6) is 5.75 Å². The number of methoxy groups -OCH3 is 1. The first-order valence-electron chi connectivity index (χ1n) is 7.72. The number of thiocarbonyl (C=S) groups is 1. The van der Waals surface area contributed by atoms with Crippen LogP contribution >= 0.6 is 35.4 Å². The summed E-state index contributed by atoms with van der Waals surface area (Å²) in [7, 11) is 1.59. The first-order chi connectivity index (χ1) is 12.5. The van der Waals surface area contributed by atoms with E-state index in [2.05, 4.69) is 15.7 Å². The molecule has 2 N–H and O–H groups in total. The number of hydrogen-bond donors (Lipinski definition) is 2. The molecule has 0 saturated heterocycles. The summed E-state index contributed by atoms with van der Waals surface area (Å²) in [4.78, 5) is 0. The van der Waals surface area contributed by atoms with Crippen LogP contribution in [0.3, 0.4) is 0 Å². The number of benzene rings is 2. The molecule has 0 bridgehead atoms. The van der Waals surface area contributed by atoms with Crippen LogP contribution in [-0.4, -0.2) is 22.0 Å². The number of rotatable bonds is 5. The van der Waals surface area contributed by atoms with E-state index in [0.717, 1.165) is 11.3 Å². The Hall–Kier alpha value is -2.28. The van der Waals surface area contributed by atoms with E-state index < -0.39 is 0 Å². The third-order valence-corrected chi connectivity index (χ3v) is 4.25. The van der Waals surface area contributed by atoms with Gasteiger partial charge < -0.3 is 15.4 Å². The summed E-state index contributed by atoms with van der Waals surface area (Å²) in [5.74, 6) is 0.650. The first kappa shape index (κ1) is 18.5. The van der Waals surface area contributed by atoms with Crippen LogP contribution in [0.1, 0.15) is 5.56 Å². The Labute approximate surface area is 166 Å². The van der Waals surface area contributed by atoms with E-state index in [0.29, 0.717) is 33.1 Å². The van der Waals surface area contributed by atoms with Crippen LogP contribution in [0.25, 0.3) is 0 Å². The Morgan fingerprint density at radius 2 is 1.85 bits per heavy atom. The van der Waals surface area contributed by atoms with Crippen molar-refractivity contribution in [1.82, 2.24) is 9.78 Å². The van der Waals surface area contributed by atoms with Crippen LogP contribution in [0, 0.1) is 0 Å². The summed E-state index contributed by atoms with van der Waals surface area (Å²) in [5, 5.41) is 12.2. The normalized spacial score (nSPS) is 10.4. The second kappa shape index (κ2) is 8.40. The molecular weight excluding hydrogens is 391 g/mol. The molecular formula is C18H16Cl2N4OS. The lowest BCUT2D eigenvalue weighted by molar-refractivity contribution is 0.417. The van der Waals surface area contributed by atoms with Gasteiger partial charge in [-0.25, -0.2) is 0 Å². The zero-order chi connectivity index (χ0) is 18.5. The quantitative estimate of drug-likeness (QED) is 0.580. The minimum Gasteiger partial charge on any atom is -0.495 e. The van der Waals surface area contributed by atoms with E-state index in [1.807, 2.05) is 35.1 Å².